The molecule has 3 N–H and O–H groups in total. The lowest BCUT2D eigenvalue weighted by molar-refractivity contribution is -0.184. The van der Waals surface area contributed by atoms with Gasteiger partial charge in [0.15, 0.2) is 10.8 Å². The van der Waals surface area contributed by atoms with E-state index in [0.29, 0.717) is 102 Å². The summed E-state index contributed by atoms with van der Waals surface area (Å²) in [4.78, 5) is 65.6. The highest BCUT2D eigenvalue weighted by atomic mass is 32.1. The largest absolute Gasteiger partial charge is 0.490 e. The molecule has 6 heterocycles. The number of imide groups is 1. The number of hydrogen-bond acceptors (Lipinski definition) is 12. The van der Waals surface area contributed by atoms with Crippen molar-refractivity contribution in [3.63, 3.8) is 0 Å². The highest BCUT2D eigenvalue weighted by Crippen LogP contribution is 2.39. The highest BCUT2D eigenvalue weighted by molar-refractivity contribution is 7.22. The van der Waals surface area contributed by atoms with Crippen molar-refractivity contribution in [3.05, 3.63) is 125 Å². The van der Waals surface area contributed by atoms with Crippen LogP contribution in [0.5, 0.6) is 5.75 Å². The Morgan fingerprint density at radius 1 is 0.870 bits per heavy atom. The summed E-state index contributed by atoms with van der Waals surface area (Å²) in [5.74, 6) is -1.02. The van der Waals surface area contributed by atoms with Crippen LogP contribution in [0.25, 0.3) is 32.2 Å². The van der Waals surface area contributed by atoms with Crippen molar-refractivity contribution in [1.82, 2.24) is 30.0 Å². The van der Waals surface area contributed by atoms with Crippen LogP contribution in [0.2, 0.25) is 0 Å². The molecule has 1 unspecified atom stereocenters. The first-order valence-electron chi connectivity index (χ1n) is 26.5. The number of piperidine rings is 1. The zero-order valence-corrected chi connectivity index (χ0v) is 43.8. The van der Waals surface area contributed by atoms with E-state index in [1.54, 1.807) is 33.7 Å². The van der Waals surface area contributed by atoms with E-state index in [4.69, 9.17) is 9.72 Å². The van der Waals surface area contributed by atoms with Gasteiger partial charge in [-0.2, -0.15) is 18.3 Å². The molecule has 2 atom stereocenters. The molecule has 4 aliphatic rings. The summed E-state index contributed by atoms with van der Waals surface area (Å²) in [5, 5.41) is 21.8. The number of anilines is 3. The van der Waals surface area contributed by atoms with Crippen molar-refractivity contribution in [2.75, 3.05) is 47.8 Å². The molecule has 2 saturated heterocycles. The molecule has 0 radical (unpaired) electrons. The van der Waals surface area contributed by atoms with Crippen LogP contribution in [0, 0.1) is 12.8 Å². The minimum absolute atomic E-state index is 0.0235. The molecular formula is C58H60F3N9O6S. The maximum Gasteiger partial charge on any atom is 0.405 e. The van der Waals surface area contributed by atoms with E-state index in [1.165, 1.54) is 11.3 Å². The predicted octanol–water partition coefficient (Wildman–Crippen LogP) is 10.4. The Hall–Kier alpha value is -7.38. The first kappa shape index (κ1) is 51.7. The van der Waals surface area contributed by atoms with E-state index in [0.717, 1.165) is 70.8 Å². The van der Waals surface area contributed by atoms with Gasteiger partial charge in [-0.25, -0.2) is 14.8 Å². The van der Waals surface area contributed by atoms with Crippen LogP contribution in [0.1, 0.15) is 107 Å². The molecule has 3 aliphatic heterocycles. The topological polar surface area (TPSA) is 175 Å². The van der Waals surface area contributed by atoms with E-state index in [2.05, 4.69) is 20.7 Å². The lowest BCUT2D eigenvalue weighted by Crippen LogP contribution is -2.59. The maximum absolute atomic E-state index is 14.7. The van der Waals surface area contributed by atoms with E-state index in [9.17, 15) is 37.5 Å². The number of halogens is 3. The summed E-state index contributed by atoms with van der Waals surface area (Å²) in [7, 11) is 1.75. The number of aryl methyl sites for hydroxylation is 1. The van der Waals surface area contributed by atoms with Crippen LogP contribution < -0.4 is 25.2 Å². The van der Waals surface area contributed by atoms with E-state index < -0.39 is 24.1 Å². The van der Waals surface area contributed by atoms with Gasteiger partial charge in [0.25, 0.3) is 5.91 Å². The van der Waals surface area contributed by atoms with Crippen LogP contribution in [0.4, 0.5) is 29.8 Å². The smallest absolute Gasteiger partial charge is 0.405 e. The fourth-order valence-electron chi connectivity index (χ4n) is 11.9. The summed E-state index contributed by atoms with van der Waals surface area (Å²) < 4.78 is 53.2. The number of alkyl halides is 3. The Bertz CT molecular complexity index is 3370. The quantitative estimate of drug-likeness (QED) is 0.0696. The van der Waals surface area contributed by atoms with Gasteiger partial charge < -0.3 is 19.6 Å². The monoisotopic (exact) mass is 1070 g/mol. The zero-order valence-electron chi connectivity index (χ0n) is 42.9. The summed E-state index contributed by atoms with van der Waals surface area (Å²) in [6, 6.07) is 26.6. The molecule has 15 nitrogen and oxygen atoms in total. The number of nitrogens with one attached hydrogen (secondary N) is 2. The lowest BCUT2D eigenvalue weighted by atomic mass is 9.84. The van der Waals surface area contributed by atoms with Crippen molar-refractivity contribution in [1.29, 1.82) is 0 Å². The van der Waals surface area contributed by atoms with Gasteiger partial charge in [0, 0.05) is 68.4 Å². The number of nitrogens with zero attached hydrogens (tertiary/aromatic N) is 7. The third-order valence-electron chi connectivity index (χ3n) is 16.1. The first-order valence-corrected chi connectivity index (χ1v) is 27.4. The second-order valence-corrected chi connectivity index (χ2v) is 21.9. The third kappa shape index (κ3) is 10.8. The Kier molecular flexibility index (Phi) is 14.5. The summed E-state index contributed by atoms with van der Waals surface area (Å²) in [6.07, 6.45) is 2.85. The molecule has 19 heteroatoms. The van der Waals surface area contributed by atoms with Gasteiger partial charge in [-0.05, 0) is 141 Å². The van der Waals surface area contributed by atoms with E-state index in [1.807, 2.05) is 90.7 Å². The number of piperazine rings is 1. The molecule has 0 spiro atoms. The summed E-state index contributed by atoms with van der Waals surface area (Å²) in [5.41, 5.74) is 7.17. The molecule has 11 rings (SSSR count). The second kappa shape index (κ2) is 21.6. The number of aromatic nitrogens is 4. The molecule has 400 valence electrons. The van der Waals surface area contributed by atoms with Gasteiger partial charge >= 0.3 is 12.1 Å². The fourth-order valence-corrected chi connectivity index (χ4v) is 12.8. The van der Waals surface area contributed by atoms with Gasteiger partial charge in [-0.15, -0.1) is 0 Å². The molecular weight excluding hydrogens is 1010 g/mol. The molecule has 77 heavy (non-hydrogen) atoms. The van der Waals surface area contributed by atoms with Gasteiger partial charge in [0.05, 0.1) is 33.4 Å². The third-order valence-corrected chi connectivity index (χ3v) is 17.0. The molecule has 4 aromatic carbocycles. The molecule has 3 amide bonds. The summed E-state index contributed by atoms with van der Waals surface area (Å²) in [6.45, 7) is 3.82. The van der Waals surface area contributed by atoms with Crippen molar-refractivity contribution in [2.24, 2.45) is 13.0 Å². The van der Waals surface area contributed by atoms with Crippen LogP contribution in [-0.4, -0.2) is 104 Å². The number of carbonyl (C=O) groups excluding carboxylic acids is 3. The normalized spacial score (nSPS) is 20.3. The van der Waals surface area contributed by atoms with Crippen molar-refractivity contribution in [3.8, 4) is 16.9 Å². The van der Waals surface area contributed by atoms with Crippen molar-refractivity contribution in [2.45, 2.75) is 102 Å². The van der Waals surface area contributed by atoms with Crippen LogP contribution >= 0.6 is 11.3 Å². The second-order valence-electron chi connectivity index (χ2n) is 20.9. The van der Waals surface area contributed by atoms with Crippen LogP contribution in [-0.2, 0) is 29.6 Å². The predicted molar refractivity (Wildman–Crippen MR) is 290 cm³/mol. The number of thiazole rings is 1. The number of ether oxygens (including phenoxy) is 1. The number of aromatic carboxylic acids is 1. The number of unbranched alkanes of at least 4 members (excludes halogenated alkanes) is 1. The number of carbonyl (C=O) groups is 4. The number of fused-ring (bicyclic) bond motifs is 3. The van der Waals surface area contributed by atoms with Gasteiger partial charge in [-0.1, -0.05) is 60.6 Å². The average Bonchev–Trinajstić information content (AvgIpc) is 4.00. The number of para-hydroxylation sites is 1. The number of hydrogen-bond donors (Lipinski definition) is 3. The fraction of sp³-hybridized carbons (Fsp3) is 0.397. The van der Waals surface area contributed by atoms with Crippen LogP contribution in [0.15, 0.2) is 91.0 Å². The van der Waals surface area contributed by atoms with Gasteiger partial charge in [-0.3, -0.25) is 34.6 Å². The number of benzene rings is 4. The minimum Gasteiger partial charge on any atom is -0.490 e. The molecule has 1 saturated carbocycles. The van der Waals surface area contributed by atoms with Gasteiger partial charge in [0.1, 0.15) is 17.6 Å². The Morgan fingerprint density at radius 3 is 2.48 bits per heavy atom. The van der Waals surface area contributed by atoms with Gasteiger partial charge in [0.2, 0.25) is 11.8 Å². The Labute approximate surface area is 447 Å². The molecule has 0 bridgehead atoms. The minimum atomic E-state index is -4.40. The summed E-state index contributed by atoms with van der Waals surface area (Å²) >= 11 is 1.42. The average molecular weight is 1070 g/mol. The van der Waals surface area contributed by atoms with E-state index >= 15 is 0 Å². The lowest BCUT2D eigenvalue weighted by Gasteiger charge is -2.43. The Morgan fingerprint density at radius 2 is 1.69 bits per heavy atom. The highest BCUT2D eigenvalue weighted by Gasteiger charge is 2.46. The van der Waals surface area contributed by atoms with E-state index in [-0.39, 0.29) is 49.0 Å². The number of carboxylic acids is 1. The standard InChI is InChI=1S/C58H60F3N9O6S/c1-34-39(40-22-24-50(63-53(40)56(74)75)70-28-26-36-10-7-12-41(44(36)32-70)54(72)65-57-62-45-13-3-4-15-48(45)77-57)11-8-14-47(34)76-38-19-16-35(17-20-38)9-5-6-27-68-29-30-69(33-49(68)58(59,60)61)37-18-21-42-46(31-37)67(2)66-52(42)43-23-25-51(71)64-55(43)73/h3-4,7-8,10-15,18,21-22,24,31,35,38,43,49H,5-6,9,16-17,19-20,23,25-30,32-33H2,1-2H3,(H,74,75)(H,62,65,72)(H,64,71,73)/t35?,38?,43?,49-/m1/s1. The molecule has 3 fully saturated rings. The SMILES string of the molecule is Cc1c(OC2CCC(CCCCN3CCN(c4ccc5c(C6CCC(=O)NC6=O)nn(C)c5c4)C[C@@H]3C(F)(F)F)CC2)cccc1-c1ccc(N2CCc3cccc(C(=O)Nc4nc5ccccc5s4)c3C2)nc1C(=O)O. The van der Waals surface area contributed by atoms with Crippen LogP contribution in [0.3, 0.4) is 0 Å². The Balaban J connectivity index is 0.671. The number of amides is 3. The zero-order chi connectivity index (χ0) is 53.5. The molecule has 3 aromatic heterocycles. The number of pyridine rings is 1. The van der Waals surface area contributed by atoms with Crippen molar-refractivity contribution < 1.29 is 42.2 Å². The maximum atomic E-state index is 14.7. The molecule has 1 aliphatic carbocycles. The molecule has 7 aromatic rings. The van der Waals surface area contributed by atoms with Crippen molar-refractivity contribution >= 4 is 72.8 Å². The number of carboxylic acid groups (broad SMARTS) is 1. The number of rotatable bonds is 14. The first-order chi connectivity index (χ1) is 37.1.